The molecule has 0 atom stereocenters. The van der Waals surface area contributed by atoms with Crippen LogP contribution in [0.2, 0.25) is 0 Å². The first kappa shape index (κ1) is 15.9. The van der Waals surface area contributed by atoms with Gasteiger partial charge in [-0.2, -0.15) is 0 Å². The largest absolute Gasteiger partial charge is 0.314 e. The van der Waals surface area contributed by atoms with Gasteiger partial charge in [-0.05, 0) is 52.0 Å². The third-order valence-electron chi connectivity index (χ3n) is 3.81. The van der Waals surface area contributed by atoms with Crippen molar-refractivity contribution in [2.24, 2.45) is 0 Å². The van der Waals surface area contributed by atoms with Crippen molar-refractivity contribution in [3.8, 4) is 0 Å². The summed E-state index contributed by atoms with van der Waals surface area (Å²) in [5, 5.41) is 3.40. The number of unbranched alkanes of at least 4 members (excludes halogenated alkanes) is 1. The van der Waals surface area contributed by atoms with Gasteiger partial charge < -0.3 is 5.32 Å². The summed E-state index contributed by atoms with van der Waals surface area (Å²) >= 11 is 0. The van der Waals surface area contributed by atoms with Gasteiger partial charge in [0.15, 0.2) is 0 Å². The van der Waals surface area contributed by atoms with Gasteiger partial charge in [0.05, 0.1) is 5.75 Å². The van der Waals surface area contributed by atoms with Crippen LogP contribution in [0.25, 0.3) is 0 Å². The zero-order valence-corrected chi connectivity index (χ0v) is 12.8. The summed E-state index contributed by atoms with van der Waals surface area (Å²) in [5.74, 6) is 0.245. The Hall–Kier alpha value is -0.130. The molecule has 0 unspecified atom stereocenters. The molecule has 18 heavy (non-hydrogen) atoms. The molecule has 5 heteroatoms. The lowest BCUT2D eigenvalue weighted by atomic mass is 9.98. The van der Waals surface area contributed by atoms with Gasteiger partial charge in [0.2, 0.25) is 10.0 Å². The fourth-order valence-corrected chi connectivity index (χ4v) is 3.56. The minimum absolute atomic E-state index is 0.245. The summed E-state index contributed by atoms with van der Waals surface area (Å²) in [7, 11) is -3.13. The normalized spacial score (nSPS) is 17.1. The Morgan fingerprint density at radius 1 is 1.17 bits per heavy atom. The molecule has 0 heterocycles. The van der Waals surface area contributed by atoms with Crippen molar-refractivity contribution in [3.63, 3.8) is 0 Å². The van der Waals surface area contributed by atoms with Crippen molar-refractivity contribution in [2.45, 2.75) is 70.9 Å². The molecule has 0 saturated heterocycles. The molecule has 1 aliphatic carbocycles. The molecule has 0 radical (unpaired) electrons. The molecule has 1 rings (SSSR count). The van der Waals surface area contributed by atoms with Crippen LogP contribution in [0.15, 0.2) is 0 Å². The molecule has 1 aliphatic rings. The Balaban J connectivity index is 2.21. The Morgan fingerprint density at radius 3 is 2.28 bits per heavy atom. The van der Waals surface area contributed by atoms with Crippen molar-refractivity contribution < 1.29 is 8.42 Å². The fraction of sp³-hybridized carbons (Fsp3) is 1.00. The summed E-state index contributed by atoms with van der Waals surface area (Å²) in [5.41, 5.74) is -0.287. The summed E-state index contributed by atoms with van der Waals surface area (Å²) in [6.07, 6.45) is 5.89. The van der Waals surface area contributed by atoms with Crippen LogP contribution in [0.4, 0.5) is 0 Å². The van der Waals surface area contributed by atoms with Crippen molar-refractivity contribution >= 4 is 10.0 Å². The summed E-state index contributed by atoms with van der Waals surface area (Å²) in [6, 6.07) is 0.711. The SMILES string of the molecule is CCC(C)(CC)NS(=O)(=O)CCCCNC1CC1. The van der Waals surface area contributed by atoms with Gasteiger partial charge in [-0.3, -0.25) is 0 Å². The highest BCUT2D eigenvalue weighted by molar-refractivity contribution is 7.89. The van der Waals surface area contributed by atoms with E-state index in [2.05, 4.69) is 10.0 Å². The maximum absolute atomic E-state index is 11.9. The molecule has 1 fully saturated rings. The van der Waals surface area contributed by atoms with Crippen LogP contribution >= 0.6 is 0 Å². The Kier molecular flexibility index (Phi) is 6.08. The van der Waals surface area contributed by atoms with E-state index in [4.69, 9.17) is 0 Å². The molecular weight excluding hydrogens is 248 g/mol. The Bertz CT molecular complexity index is 333. The maximum Gasteiger partial charge on any atom is 0.212 e. The van der Waals surface area contributed by atoms with Crippen molar-refractivity contribution in [2.75, 3.05) is 12.3 Å². The van der Waals surface area contributed by atoms with Crippen LogP contribution in [0.3, 0.4) is 0 Å². The van der Waals surface area contributed by atoms with E-state index in [1.807, 2.05) is 20.8 Å². The molecule has 0 spiro atoms. The Morgan fingerprint density at radius 2 is 1.78 bits per heavy atom. The number of rotatable bonds is 10. The third kappa shape index (κ3) is 6.16. The second-order valence-electron chi connectivity index (χ2n) is 5.62. The molecule has 4 nitrogen and oxygen atoms in total. The molecule has 2 N–H and O–H groups in total. The first-order valence-electron chi connectivity index (χ1n) is 7.16. The van der Waals surface area contributed by atoms with Crippen LogP contribution in [-0.4, -0.2) is 32.3 Å². The van der Waals surface area contributed by atoms with Gasteiger partial charge in [-0.25, -0.2) is 13.1 Å². The van der Waals surface area contributed by atoms with E-state index in [1.165, 1.54) is 12.8 Å². The zero-order valence-electron chi connectivity index (χ0n) is 12.0. The average molecular weight is 276 g/mol. The minimum Gasteiger partial charge on any atom is -0.314 e. The van der Waals surface area contributed by atoms with Crippen LogP contribution in [0, 0.1) is 0 Å². The van der Waals surface area contributed by atoms with Crippen LogP contribution in [-0.2, 0) is 10.0 Å². The lowest BCUT2D eigenvalue weighted by molar-refractivity contribution is 0.388. The topological polar surface area (TPSA) is 58.2 Å². The van der Waals surface area contributed by atoms with Crippen LogP contribution < -0.4 is 10.0 Å². The fourth-order valence-electron chi connectivity index (χ4n) is 1.83. The monoisotopic (exact) mass is 276 g/mol. The van der Waals surface area contributed by atoms with E-state index in [0.29, 0.717) is 6.04 Å². The second kappa shape index (κ2) is 6.87. The predicted octanol–water partition coefficient (Wildman–Crippen LogP) is 2.02. The highest BCUT2D eigenvalue weighted by Crippen LogP contribution is 2.18. The second-order valence-corrected chi connectivity index (χ2v) is 7.47. The lowest BCUT2D eigenvalue weighted by Crippen LogP contribution is -2.45. The Labute approximate surface area is 112 Å². The smallest absolute Gasteiger partial charge is 0.212 e. The van der Waals surface area contributed by atoms with Gasteiger partial charge >= 0.3 is 0 Å². The summed E-state index contributed by atoms with van der Waals surface area (Å²) < 4.78 is 26.7. The van der Waals surface area contributed by atoms with Gasteiger partial charge in [-0.15, -0.1) is 0 Å². The first-order valence-corrected chi connectivity index (χ1v) is 8.81. The lowest BCUT2D eigenvalue weighted by Gasteiger charge is -2.27. The molecule has 0 amide bonds. The predicted molar refractivity (Wildman–Crippen MR) is 76.2 cm³/mol. The summed E-state index contributed by atoms with van der Waals surface area (Å²) in [4.78, 5) is 0. The number of hydrogen-bond acceptors (Lipinski definition) is 3. The van der Waals surface area contributed by atoms with Gasteiger partial charge in [0.1, 0.15) is 0 Å². The van der Waals surface area contributed by atoms with Crippen molar-refractivity contribution in [1.29, 1.82) is 0 Å². The van der Waals surface area contributed by atoms with Crippen LogP contribution in [0.5, 0.6) is 0 Å². The standard InChI is InChI=1S/C13H28N2O2S/c1-4-13(3,5-2)15-18(16,17)11-7-6-10-14-12-8-9-12/h12,14-15H,4-11H2,1-3H3. The molecule has 0 aromatic heterocycles. The van der Waals surface area contributed by atoms with Gasteiger partial charge in [0, 0.05) is 11.6 Å². The van der Waals surface area contributed by atoms with E-state index < -0.39 is 10.0 Å². The zero-order chi connectivity index (χ0) is 13.6. The molecule has 0 aliphatic heterocycles. The van der Waals surface area contributed by atoms with Gasteiger partial charge in [0.25, 0.3) is 0 Å². The highest BCUT2D eigenvalue weighted by Gasteiger charge is 2.25. The number of nitrogens with one attached hydrogen (secondary N) is 2. The van der Waals surface area contributed by atoms with E-state index >= 15 is 0 Å². The van der Waals surface area contributed by atoms with Crippen LogP contribution in [0.1, 0.15) is 59.3 Å². The molecule has 0 aromatic rings. The average Bonchev–Trinajstić information content (AvgIpc) is 3.12. The quantitative estimate of drug-likeness (QED) is 0.600. The maximum atomic E-state index is 11.9. The van der Waals surface area contributed by atoms with Crippen molar-refractivity contribution in [3.05, 3.63) is 0 Å². The third-order valence-corrected chi connectivity index (χ3v) is 5.44. The molecule has 1 saturated carbocycles. The van der Waals surface area contributed by atoms with E-state index in [1.54, 1.807) is 0 Å². The highest BCUT2D eigenvalue weighted by atomic mass is 32.2. The first-order chi connectivity index (χ1) is 8.41. The van der Waals surface area contributed by atoms with E-state index in [0.717, 1.165) is 32.2 Å². The molecular formula is C13H28N2O2S. The number of sulfonamides is 1. The minimum atomic E-state index is -3.13. The molecule has 0 aromatic carbocycles. The van der Waals surface area contributed by atoms with E-state index in [-0.39, 0.29) is 11.3 Å². The molecule has 108 valence electrons. The molecule has 0 bridgehead atoms. The van der Waals surface area contributed by atoms with Gasteiger partial charge in [-0.1, -0.05) is 13.8 Å². The van der Waals surface area contributed by atoms with E-state index in [9.17, 15) is 8.42 Å². The van der Waals surface area contributed by atoms with Crippen molar-refractivity contribution in [1.82, 2.24) is 10.0 Å². The number of hydrogen-bond donors (Lipinski definition) is 2. The summed E-state index contributed by atoms with van der Waals surface area (Å²) in [6.45, 7) is 6.95.